The first-order valence-electron chi connectivity index (χ1n) is 8.71. The number of rotatable bonds is 8. The van der Waals surface area contributed by atoms with Crippen LogP contribution in [0.4, 0.5) is 5.69 Å². The molecule has 146 valence electrons. The van der Waals surface area contributed by atoms with Crippen molar-refractivity contribution in [1.29, 1.82) is 0 Å². The molecule has 0 radical (unpaired) electrons. The number of hydrogen-bond acceptors (Lipinski definition) is 6. The predicted octanol–water partition coefficient (Wildman–Crippen LogP) is 3.62. The van der Waals surface area contributed by atoms with Gasteiger partial charge in [0, 0.05) is 10.7 Å². The molecular weight excluding hydrogens is 428 g/mol. The molecule has 1 aliphatic heterocycles. The van der Waals surface area contributed by atoms with Crippen LogP contribution in [0.25, 0.3) is 0 Å². The Kier molecular flexibility index (Phi) is 6.30. The number of nitrogens with zero attached hydrogens (tertiary/aromatic N) is 2. The first-order chi connectivity index (χ1) is 13.5. The van der Waals surface area contributed by atoms with Crippen molar-refractivity contribution in [3.63, 3.8) is 0 Å². The summed E-state index contributed by atoms with van der Waals surface area (Å²) in [4.78, 5) is 23.9. The minimum absolute atomic E-state index is 0.193. The number of carbonyl (C=O) groups excluding carboxylic acids is 1. The number of hydrogen-bond donors (Lipinski definition) is 1. The molecular formula is C20H19BrN2O5. The third-order valence-corrected chi connectivity index (χ3v) is 4.59. The second-order valence-electron chi connectivity index (χ2n) is 6.04. The van der Waals surface area contributed by atoms with Crippen LogP contribution >= 0.6 is 15.9 Å². The maximum atomic E-state index is 13.1. The molecule has 7 nitrogen and oxygen atoms in total. The molecule has 0 spiro atoms. The maximum Gasteiger partial charge on any atom is 0.341 e. The fourth-order valence-electron chi connectivity index (χ4n) is 2.86. The van der Waals surface area contributed by atoms with Crippen LogP contribution in [-0.4, -0.2) is 42.8 Å². The molecule has 0 aromatic heterocycles. The van der Waals surface area contributed by atoms with Gasteiger partial charge in [-0.3, -0.25) is 9.80 Å². The number of carboxylic acids is 1. The van der Waals surface area contributed by atoms with Crippen LogP contribution < -0.4 is 14.5 Å². The summed E-state index contributed by atoms with van der Waals surface area (Å²) in [6.07, 6.45) is 1.59. The average molecular weight is 447 g/mol. The van der Waals surface area contributed by atoms with Crippen molar-refractivity contribution in [1.82, 2.24) is 0 Å². The van der Waals surface area contributed by atoms with Crippen molar-refractivity contribution in [3.8, 4) is 11.5 Å². The van der Waals surface area contributed by atoms with E-state index in [-0.39, 0.29) is 11.5 Å². The number of Topliss-reactive ketones (excluding diaryl/α,β-unsaturated/α-hetero) is 1. The molecule has 28 heavy (non-hydrogen) atoms. The van der Waals surface area contributed by atoms with Crippen molar-refractivity contribution in [2.24, 2.45) is 11.0 Å². The largest absolute Gasteiger partial charge is 0.492 e. The second-order valence-corrected chi connectivity index (χ2v) is 6.96. The summed E-state index contributed by atoms with van der Waals surface area (Å²) < 4.78 is 11.6. The van der Waals surface area contributed by atoms with E-state index in [1.165, 1.54) is 0 Å². The molecule has 3 rings (SSSR count). The van der Waals surface area contributed by atoms with Gasteiger partial charge in [-0.15, -0.1) is 0 Å². The van der Waals surface area contributed by atoms with Gasteiger partial charge in [-0.2, -0.15) is 5.10 Å². The van der Waals surface area contributed by atoms with Crippen molar-refractivity contribution in [3.05, 3.63) is 52.5 Å². The monoisotopic (exact) mass is 446 g/mol. The first-order valence-corrected chi connectivity index (χ1v) is 9.50. The molecule has 0 saturated heterocycles. The first kappa shape index (κ1) is 19.9. The van der Waals surface area contributed by atoms with E-state index in [0.717, 1.165) is 5.69 Å². The highest BCUT2D eigenvalue weighted by Crippen LogP contribution is 2.32. The van der Waals surface area contributed by atoms with Crippen LogP contribution in [0.5, 0.6) is 11.5 Å². The van der Waals surface area contributed by atoms with Crippen LogP contribution in [0.2, 0.25) is 0 Å². The maximum absolute atomic E-state index is 13.1. The molecule has 0 amide bonds. The van der Waals surface area contributed by atoms with Crippen LogP contribution in [0.1, 0.15) is 17.3 Å². The Morgan fingerprint density at radius 1 is 1.21 bits per heavy atom. The molecule has 0 aliphatic carbocycles. The molecule has 8 heteroatoms. The lowest BCUT2D eigenvalue weighted by Crippen LogP contribution is -2.25. The van der Waals surface area contributed by atoms with E-state index in [2.05, 4.69) is 21.0 Å². The van der Waals surface area contributed by atoms with Crippen molar-refractivity contribution in [2.75, 3.05) is 24.8 Å². The lowest BCUT2D eigenvalue weighted by molar-refractivity contribution is -0.139. The number of hydrazone groups is 1. The summed E-state index contributed by atoms with van der Waals surface area (Å²) >= 11 is 3.34. The summed E-state index contributed by atoms with van der Waals surface area (Å²) in [5.41, 5.74) is 1.10. The number of halogens is 1. The summed E-state index contributed by atoms with van der Waals surface area (Å²) in [6.45, 7) is 2.27. The zero-order valence-corrected chi connectivity index (χ0v) is 16.8. The summed E-state index contributed by atoms with van der Waals surface area (Å²) in [6, 6.07) is 12.4. The summed E-state index contributed by atoms with van der Waals surface area (Å²) in [5, 5.41) is 14.9. The van der Waals surface area contributed by atoms with E-state index >= 15 is 0 Å². The van der Waals surface area contributed by atoms with Crippen molar-refractivity contribution < 1.29 is 24.2 Å². The molecule has 2 aromatic carbocycles. The van der Waals surface area contributed by atoms with E-state index in [1.54, 1.807) is 29.4 Å². The van der Waals surface area contributed by atoms with E-state index < -0.39 is 18.5 Å². The zero-order chi connectivity index (χ0) is 20.1. The van der Waals surface area contributed by atoms with Crippen LogP contribution in [-0.2, 0) is 4.79 Å². The minimum Gasteiger partial charge on any atom is -0.492 e. The van der Waals surface area contributed by atoms with Gasteiger partial charge >= 0.3 is 5.97 Å². The highest BCUT2D eigenvalue weighted by molar-refractivity contribution is 9.10. The SMILES string of the molecule is CCOc1ccccc1N1CC(C(=O)c2cc(Br)ccc2OCC(=O)O)C=N1. The standard InChI is InChI=1S/C20H19BrN2O5/c1-2-27-18-6-4-3-5-16(18)23-11-13(10-22-23)20(26)15-9-14(21)7-8-17(15)28-12-19(24)25/h3-10,13H,2,11-12H2,1H3,(H,24,25). The quantitative estimate of drug-likeness (QED) is 0.622. The second kappa shape index (κ2) is 8.88. The Morgan fingerprint density at radius 3 is 2.75 bits per heavy atom. The molecule has 1 aliphatic rings. The highest BCUT2D eigenvalue weighted by atomic mass is 79.9. The molecule has 1 unspecified atom stereocenters. The van der Waals surface area contributed by atoms with Gasteiger partial charge in [0.1, 0.15) is 17.2 Å². The number of para-hydroxylation sites is 2. The third kappa shape index (κ3) is 4.51. The van der Waals surface area contributed by atoms with Crippen molar-refractivity contribution in [2.45, 2.75) is 6.92 Å². The highest BCUT2D eigenvalue weighted by Gasteiger charge is 2.29. The molecule has 1 N–H and O–H groups in total. The van der Waals surface area contributed by atoms with Gasteiger partial charge in [-0.25, -0.2) is 4.79 Å². The Hall–Kier alpha value is -2.87. The van der Waals surface area contributed by atoms with Gasteiger partial charge in [0.2, 0.25) is 0 Å². The van der Waals surface area contributed by atoms with E-state index in [4.69, 9.17) is 14.6 Å². The number of anilines is 1. The number of ether oxygens (including phenoxy) is 2. The van der Waals surface area contributed by atoms with Gasteiger partial charge < -0.3 is 14.6 Å². The lowest BCUT2D eigenvalue weighted by atomic mass is 9.98. The molecule has 0 bridgehead atoms. The Labute approximate surface area is 170 Å². The van der Waals surface area contributed by atoms with Gasteiger partial charge in [-0.05, 0) is 37.3 Å². The normalized spacial score (nSPS) is 15.5. The fraction of sp³-hybridized carbons (Fsp3) is 0.250. The van der Waals surface area contributed by atoms with Crippen LogP contribution in [0.15, 0.2) is 52.0 Å². The van der Waals surface area contributed by atoms with Gasteiger partial charge in [-0.1, -0.05) is 28.1 Å². The van der Waals surface area contributed by atoms with Gasteiger partial charge in [0.15, 0.2) is 12.4 Å². The number of ketones is 1. The third-order valence-electron chi connectivity index (χ3n) is 4.09. The topological polar surface area (TPSA) is 88.4 Å². The number of benzene rings is 2. The number of carboxylic acid groups (broad SMARTS) is 1. The van der Waals surface area contributed by atoms with E-state index in [1.807, 2.05) is 31.2 Å². The van der Waals surface area contributed by atoms with Gasteiger partial charge in [0.25, 0.3) is 0 Å². The fourth-order valence-corrected chi connectivity index (χ4v) is 3.22. The van der Waals surface area contributed by atoms with Crippen molar-refractivity contribution >= 4 is 39.6 Å². The summed E-state index contributed by atoms with van der Waals surface area (Å²) in [5.74, 6) is -0.860. The minimum atomic E-state index is -1.11. The molecule has 0 fully saturated rings. The Morgan fingerprint density at radius 2 is 2.00 bits per heavy atom. The average Bonchev–Trinajstić information content (AvgIpc) is 3.17. The molecule has 0 saturated carbocycles. The Balaban J connectivity index is 1.80. The lowest BCUT2D eigenvalue weighted by Gasteiger charge is -2.19. The number of aliphatic carboxylic acids is 1. The molecule has 2 aromatic rings. The smallest absolute Gasteiger partial charge is 0.341 e. The number of carbonyl (C=O) groups is 2. The summed E-state index contributed by atoms with van der Waals surface area (Å²) in [7, 11) is 0. The predicted molar refractivity (Wildman–Crippen MR) is 109 cm³/mol. The zero-order valence-electron chi connectivity index (χ0n) is 15.2. The Bertz CT molecular complexity index is 915. The van der Waals surface area contributed by atoms with Gasteiger partial charge in [0.05, 0.1) is 24.6 Å². The molecule has 1 atom stereocenters. The van der Waals surface area contributed by atoms with Crippen LogP contribution in [0, 0.1) is 5.92 Å². The molecule has 1 heterocycles. The van der Waals surface area contributed by atoms with Crippen LogP contribution in [0.3, 0.4) is 0 Å². The van der Waals surface area contributed by atoms with E-state index in [9.17, 15) is 9.59 Å². The van der Waals surface area contributed by atoms with E-state index in [0.29, 0.717) is 28.9 Å².